The number of ether oxygens (including phenoxy) is 6. The van der Waals surface area contributed by atoms with Crippen LogP contribution in [-0.2, 0) is 6.42 Å². The van der Waals surface area contributed by atoms with Gasteiger partial charge in [0.25, 0.3) is 0 Å². The summed E-state index contributed by atoms with van der Waals surface area (Å²) < 4.78 is 33.9. The monoisotopic (exact) mass is 416 g/mol. The summed E-state index contributed by atoms with van der Waals surface area (Å²) in [5, 5.41) is 0. The zero-order chi connectivity index (χ0) is 22.0. The molecule has 0 spiro atoms. The molecule has 3 atom stereocenters. The van der Waals surface area contributed by atoms with E-state index in [0.717, 1.165) is 17.5 Å². The molecule has 2 aromatic rings. The normalized spacial score (nSPS) is 20.2. The Morgan fingerprint density at radius 3 is 1.60 bits per heavy atom. The molecule has 3 rings (SSSR count). The summed E-state index contributed by atoms with van der Waals surface area (Å²) >= 11 is 0. The lowest BCUT2D eigenvalue weighted by atomic mass is 9.67. The predicted molar refractivity (Wildman–Crippen MR) is 116 cm³/mol. The molecule has 0 unspecified atom stereocenters. The third kappa shape index (κ3) is 3.48. The first-order valence-electron chi connectivity index (χ1n) is 10.1. The summed E-state index contributed by atoms with van der Waals surface area (Å²) in [4.78, 5) is 0. The summed E-state index contributed by atoms with van der Waals surface area (Å²) in [6.07, 6.45) is 0.939. The van der Waals surface area contributed by atoms with Crippen molar-refractivity contribution in [3.63, 3.8) is 0 Å². The lowest BCUT2D eigenvalue weighted by Gasteiger charge is -2.38. The lowest BCUT2D eigenvalue weighted by Crippen LogP contribution is -2.27. The number of benzene rings is 2. The van der Waals surface area contributed by atoms with Crippen molar-refractivity contribution in [2.45, 2.75) is 26.2 Å². The van der Waals surface area contributed by atoms with Gasteiger partial charge in [0.2, 0.25) is 11.5 Å². The molecule has 0 amide bonds. The van der Waals surface area contributed by atoms with Crippen molar-refractivity contribution in [1.29, 1.82) is 0 Å². The topological polar surface area (TPSA) is 55.4 Å². The van der Waals surface area contributed by atoms with Crippen molar-refractivity contribution < 1.29 is 28.4 Å². The van der Waals surface area contributed by atoms with Crippen LogP contribution in [0.4, 0.5) is 0 Å². The number of hydrogen-bond acceptors (Lipinski definition) is 6. The van der Waals surface area contributed by atoms with Gasteiger partial charge in [0.1, 0.15) is 0 Å². The Morgan fingerprint density at radius 2 is 1.13 bits per heavy atom. The minimum atomic E-state index is 0.0622. The van der Waals surface area contributed by atoms with Gasteiger partial charge in [-0.05, 0) is 47.6 Å². The third-order valence-corrected chi connectivity index (χ3v) is 6.28. The largest absolute Gasteiger partial charge is 0.493 e. The average molecular weight is 417 g/mol. The van der Waals surface area contributed by atoms with Crippen molar-refractivity contribution >= 4 is 0 Å². The smallest absolute Gasteiger partial charge is 0.203 e. The third-order valence-electron chi connectivity index (χ3n) is 6.28. The number of methoxy groups -OCH3 is 6. The Balaban J connectivity index is 2.32. The Kier molecular flexibility index (Phi) is 6.54. The molecule has 6 nitrogen and oxygen atoms in total. The molecular weight excluding hydrogens is 384 g/mol. The van der Waals surface area contributed by atoms with E-state index < -0.39 is 0 Å². The second-order valence-corrected chi connectivity index (χ2v) is 7.69. The van der Waals surface area contributed by atoms with Gasteiger partial charge in [0, 0.05) is 11.5 Å². The fourth-order valence-corrected chi connectivity index (χ4v) is 4.61. The summed E-state index contributed by atoms with van der Waals surface area (Å²) in [6, 6.07) is 6.13. The molecule has 0 heterocycles. The Bertz CT molecular complexity index is 882. The minimum absolute atomic E-state index is 0.0622. The highest BCUT2D eigenvalue weighted by Gasteiger charge is 2.38. The van der Waals surface area contributed by atoms with Crippen molar-refractivity contribution in [1.82, 2.24) is 0 Å². The molecule has 2 aromatic carbocycles. The summed E-state index contributed by atoms with van der Waals surface area (Å²) in [5.74, 6) is 4.74. The van der Waals surface area contributed by atoms with Gasteiger partial charge in [-0.25, -0.2) is 0 Å². The Morgan fingerprint density at radius 1 is 0.633 bits per heavy atom. The average Bonchev–Trinajstić information content (AvgIpc) is 2.77. The molecule has 0 saturated carbocycles. The van der Waals surface area contributed by atoms with Crippen LogP contribution in [0.2, 0.25) is 0 Å². The maximum absolute atomic E-state index is 5.88. The quantitative estimate of drug-likeness (QED) is 0.652. The van der Waals surface area contributed by atoms with Crippen molar-refractivity contribution in [2.75, 3.05) is 42.7 Å². The van der Waals surface area contributed by atoms with E-state index in [1.165, 1.54) is 5.56 Å². The van der Waals surface area contributed by atoms with E-state index >= 15 is 0 Å². The molecule has 0 radical (unpaired) electrons. The molecule has 30 heavy (non-hydrogen) atoms. The highest BCUT2D eigenvalue weighted by molar-refractivity contribution is 5.64. The highest BCUT2D eigenvalue weighted by Crippen LogP contribution is 2.54. The van der Waals surface area contributed by atoms with Crippen LogP contribution in [0.3, 0.4) is 0 Å². The lowest BCUT2D eigenvalue weighted by molar-refractivity contribution is 0.291. The molecule has 0 fully saturated rings. The summed E-state index contributed by atoms with van der Waals surface area (Å²) in [5.41, 5.74) is 3.40. The van der Waals surface area contributed by atoms with Crippen LogP contribution in [0.1, 0.15) is 36.5 Å². The van der Waals surface area contributed by atoms with E-state index in [1.807, 2.05) is 12.1 Å². The maximum Gasteiger partial charge on any atom is 0.203 e. The van der Waals surface area contributed by atoms with Crippen molar-refractivity contribution in [2.24, 2.45) is 11.8 Å². The second kappa shape index (κ2) is 8.94. The van der Waals surface area contributed by atoms with E-state index in [-0.39, 0.29) is 5.92 Å². The molecule has 1 aliphatic rings. The molecular formula is C24H32O6. The molecule has 0 aromatic heterocycles. The number of fused-ring (bicyclic) bond motifs is 1. The summed E-state index contributed by atoms with van der Waals surface area (Å²) in [6.45, 7) is 4.55. The number of rotatable bonds is 7. The first-order chi connectivity index (χ1) is 14.4. The van der Waals surface area contributed by atoms with Gasteiger partial charge in [-0.2, -0.15) is 0 Å². The van der Waals surface area contributed by atoms with Crippen LogP contribution in [-0.4, -0.2) is 42.7 Å². The maximum atomic E-state index is 5.88. The zero-order valence-corrected chi connectivity index (χ0v) is 19.1. The van der Waals surface area contributed by atoms with E-state index in [1.54, 1.807) is 42.7 Å². The predicted octanol–water partition coefficient (Wildman–Crippen LogP) is 4.70. The molecule has 1 aliphatic carbocycles. The minimum Gasteiger partial charge on any atom is -0.493 e. The SMILES string of the molecule is COc1cc([C@H]2c3c(cc(OC)c(OC)c3OC)C[C@H](C)[C@@H]2C)cc(OC)c1OC. The molecule has 6 heteroatoms. The van der Waals surface area contributed by atoms with Gasteiger partial charge in [-0.3, -0.25) is 0 Å². The van der Waals surface area contributed by atoms with Crippen molar-refractivity contribution in [3.05, 3.63) is 34.9 Å². The Hall–Kier alpha value is -2.76. The van der Waals surface area contributed by atoms with Crippen molar-refractivity contribution in [3.8, 4) is 34.5 Å². The van der Waals surface area contributed by atoms with Crippen LogP contribution in [0, 0.1) is 11.8 Å². The van der Waals surface area contributed by atoms with Gasteiger partial charge < -0.3 is 28.4 Å². The number of hydrogen-bond donors (Lipinski definition) is 0. The molecule has 0 N–H and O–H groups in total. The van der Waals surface area contributed by atoms with E-state index in [0.29, 0.717) is 46.3 Å². The van der Waals surface area contributed by atoms with E-state index in [9.17, 15) is 0 Å². The first-order valence-corrected chi connectivity index (χ1v) is 10.1. The van der Waals surface area contributed by atoms with Gasteiger partial charge in [-0.1, -0.05) is 13.8 Å². The van der Waals surface area contributed by atoms with Gasteiger partial charge in [-0.15, -0.1) is 0 Å². The van der Waals surface area contributed by atoms with Crippen LogP contribution in [0.5, 0.6) is 34.5 Å². The molecule has 164 valence electrons. The highest BCUT2D eigenvalue weighted by atomic mass is 16.5. The second-order valence-electron chi connectivity index (χ2n) is 7.69. The fourth-order valence-electron chi connectivity index (χ4n) is 4.61. The molecule has 0 saturated heterocycles. The molecule has 0 aliphatic heterocycles. The zero-order valence-electron chi connectivity index (χ0n) is 19.1. The van der Waals surface area contributed by atoms with Crippen LogP contribution in [0.25, 0.3) is 0 Å². The fraction of sp³-hybridized carbons (Fsp3) is 0.500. The van der Waals surface area contributed by atoms with Gasteiger partial charge in [0.15, 0.2) is 23.0 Å². The van der Waals surface area contributed by atoms with Crippen LogP contribution >= 0.6 is 0 Å². The Labute approximate surface area is 179 Å². The standard InChI is InChI=1S/C24H32O6/c1-13-9-15-10-19(27-5)23(29-7)24(30-8)21(15)20(14(13)2)16-11-17(25-3)22(28-6)18(12-16)26-4/h10-14,20H,9H2,1-8H3/t13-,14-,20-/m0/s1. The van der Waals surface area contributed by atoms with Gasteiger partial charge in [0.05, 0.1) is 42.7 Å². The van der Waals surface area contributed by atoms with Gasteiger partial charge >= 0.3 is 0 Å². The van der Waals surface area contributed by atoms with E-state index in [4.69, 9.17) is 28.4 Å². The first kappa shape index (κ1) is 21.9. The van der Waals surface area contributed by atoms with E-state index in [2.05, 4.69) is 19.9 Å². The molecule has 0 bridgehead atoms. The summed E-state index contributed by atoms with van der Waals surface area (Å²) in [7, 11) is 9.84. The van der Waals surface area contributed by atoms with Crippen LogP contribution in [0.15, 0.2) is 18.2 Å². The van der Waals surface area contributed by atoms with Crippen LogP contribution < -0.4 is 28.4 Å².